The van der Waals surface area contributed by atoms with Crippen LogP contribution >= 0.6 is 0 Å². The number of amides is 1. The van der Waals surface area contributed by atoms with Crippen molar-refractivity contribution >= 4 is 21.8 Å². The van der Waals surface area contributed by atoms with E-state index in [2.05, 4.69) is 5.32 Å². The Bertz CT molecular complexity index is 1040. The number of carbonyl (C=O) groups excluding carboxylic acids is 1. The molecule has 0 bridgehead atoms. The van der Waals surface area contributed by atoms with Crippen LogP contribution in [0.2, 0.25) is 0 Å². The first-order valence-corrected chi connectivity index (χ1v) is 9.65. The maximum Gasteiger partial charge on any atom is 0.332 e. The molecule has 7 heteroatoms. The SMILES string of the molecule is O=C(Cc1ccccc1)Nc1ccc[n+](Cc2ccc(S(=O)(=O)F)cc2)c1. The molecule has 1 N–H and O–H groups in total. The minimum absolute atomic E-state index is 0.114. The van der Waals surface area contributed by atoms with Gasteiger partial charge in [-0.15, -0.1) is 3.89 Å². The lowest BCUT2D eigenvalue weighted by Gasteiger charge is -2.05. The van der Waals surface area contributed by atoms with E-state index in [9.17, 15) is 17.1 Å². The molecule has 0 radical (unpaired) electrons. The van der Waals surface area contributed by atoms with E-state index in [1.54, 1.807) is 30.5 Å². The van der Waals surface area contributed by atoms with Crippen LogP contribution in [-0.2, 0) is 28.0 Å². The number of rotatable bonds is 6. The standard InChI is InChI=1S/C20H17FN2O3S/c21-27(25,26)19-10-8-17(9-11-19)14-23-12-4-7-18(15-23)22-20(24)13-16-5-2-1-3-6-16/h1-12,15H,13-14H2/p+1. The summed E-state index contributed by atoms with van der Waals surface area (Å²) in [5.74, 6) is -0.114. The summed E-state index contributed by atoms with van der Waals surface area (Å²) in [4.78, 5) is 11.8. The van der Waals surface area contributed by atoms with Crippen LogP contribution in [0.25, 0.3) is 0 Å². The molecule has 0 unspecified atom stereocenters. The van der Waals surface area contributed by atoms with Crippen LogP contribution in [0.3, 0.4) is 0 Å². The van der Waals surface area contributed by atoms with E-state index >= 15 is 0 Å². The van der Waals surface area contributed by atoms with Gasteiger partial charge in [0.15, 0.2) is 18.9 Å². The Labute approximate surface area is 157 Å². The normalized spacial score (nSPS) is 11.1. The predicted octanol–water partition coefficient (Wildman–Crippen LogP) is 2.86. The van der Waals surface area contributed by atoms with Crippen LogP contribution in [-0.4, -0.2) is 14.3 Å². The van der Waals surface area contributed by atoms with Gasteiger partial charge in [-0.3, -0.25) is 4.79 Å². The van der Waals surface area contributed by atoms with Crippen molar-refractivity contribution in [2.75, 3.05) is 5.32 Å². The molecule has 1 amide bonds. The van der Waals surface area contributed by atoms with Gasteiger partial charge < -0.3 is 5.32 Å². The van der Waals surface area contributed by atoms with Gasteiger partial charge in [0.05, 0.1) is 11.3 Å². The number of benzene rings is 2. The average Bonchev–Trinajstić information content (AvgIpc) is 2.62. The first-order valence-electron chi connectivity index (χ1n) is 8.27. The third-order valence-electron chi connectivity index (χ3n) is 3.92. The Balaban J connectivity index is 1.66. The van der Waals surface area contributed by atoms with Gasteiger partial charge in [-0.1, -0.05) is 42.5 Å². The number of anilines is 1. The summed E-state index contributed by atoms with van der Waals surface area (Å²) >= 11 is 0. The number of hydrogen-bond acceptors (Lipinski definition) is 3. The Kier molecular flexibility index (Phi) is 5.61. The fraction of sp³-hybridized carbons (Fsp3) is 0.100. The van der Waals surface area contributed by atoms with Gasteiger partial charge in [-0.25, -0.2) is 0 Å². The molecule has 0 aliphatic rings. The molecule has 0 atom stereocenters. The van der Waals surface area contributed by atoms with Gasteiger partial charge in [0.1, 0.15) is 5.69 Å². The number of nitrogens with one attached hydrogen (secondary N) is 1. The van der Waals surface area contributed by atoms with E-state index in [4.69, 9.17) is 0 Å². The second-order valence-electron chi connectivity index (χ2n) is 6.06. The van der Waals surface area contributed by atoms with Crippen molar-refractivity contribution < 1.29 is 21.7 Å². The fourth-order valence-electron chi connectivity index (χ4n) is 2.65. The van der Waals surface area contributed by atoms with E-state index in [1.165, 1.54) is 12.1 Å². The van der Waals surface area contributed by atoms with Crippen molar-refractivity contribution in [3.05, 3.63) is 90.3 Å². The summed E-state index contributed by atoms with van der Waals surface area (Å²) in [5.41, 5.74) is 2.39. The van der Waals surface area contributed by atoms with Crippen molar-refractivity contribution in [2.45, 2.75) is 17.9 Å². The van der Waals surface area contributed by atoms with Crippen LogP contribution in [0.15, 0.2) is 84.0 Å². The van der Waals surface area contributed by atoms with E-state index < -0.39 is 10.2 Å². The first-order chi connectivity index (χ1) is 12.9. The summed E-state index contributed by atoms with van der Waals surface area (Å²) in [7, 11) is -4.69. The van der Waals surface area contributed by atoms with Gasteiger partial charge >= 0.3 is 10.2 Å². The second-order valence-corrected chi connectivity index (χ2v) is 7.40. The van der Waals surface area contributed by atoms with E-state index in [-0.39, 0.29) is 17.2 Å². The van der Waals surface area contributed by atoms with Gasteiger partial charge in [0.25, 0.3) is 0 Å². The number of halogens is 1. The highest BCUT2D eigenvalue weighted by Gasteiger charge is 2.12. The topological polar surface area (TPSA) is 67.1 Å². The van der Waals surface area contributed by atoms with Gasteiger partial charge in [0, 0.05) is 11.6 Å². The first kappa shape index (κ1) is 18.7. The number of aromatic nitrogens is 1. The molecule has 1 aromatic heterocycles. The molecular weight excluding hydrogens is 367 g/mol. The zero-order valence-electron chi connectivity index (χ0n) is 14.4. The lowest BCUT2D eigenvalue weighted by atomic mass is 10.1. The maximum absolute atomic E-state index is 12.9. The van der Waals surface area contributed by atoms with Crippen LogP contribution < -0.4 is 9.88 Å². The van der Waals surface area contributed by atoms with Crippen LogP contribution in [0.4, 0.5) is 9.57 Å². The smallest absolute Gasteiger partial charge is 0.321 e. The fourth-order valence-corrected chi connectivity index (χ4v) is 3.11. The molecule has 138 valence electrons. The zero-order valence-corrected chi connectivity index (χ0v) is 15.2. The van der Waals surface area contributed by atoms with Gasteiger partial charge in [-0.05, 0) is 23.8 Å². The molecule has 0 saturated heterocycles. The monoisotopic (exact) mass is 385 g/mol. The lowest BCUT2D eigenvalue weighted by Crippen LogP contribution is -2.34. The molecule has 0 saturated carbocycles. The molecule has 3 aromatic rings. The molecule has 5 nitrogen and oxygen atoms in total. The lowest BCUT2D eigenvalue weighted by molar-refractivity contribution is -0.687. The van der Waals surface area contributed by atoms with Crippen molar-refractivity contribution in [2.24, 2.45) is 0 Å². The van der Waals surface area contributed by atoms with Crippen LogP contribution in [0, 0.1) is 0 Å². The van der Waals surface area contributed by atoms with E-state index in [0.29, 0.717) is 12.2 Å². The van der Waals surface area contributed by atoms with Gasteiger partial charge in [-0.2, -0.15) is 13.0 Å². The number of pyridine rings is 1. The Morgan fingerprint density at radius 2 is 1.63 bits per heavy atom. The quantitative estimate of drug-likeness (QED) is 0.524. The largest absolute Gasteiger partial charge is 0.332 e. The molecule has 0 spiro atoms. The number of nitrogens with zero attached hydrogens (tertiary/aromatic N) is 1. The molecule has 1 heterocycles. The van der Waals surface area contributed by atoms with E-state index in [1.807, 2.05) is 41.1 Å². The Hall–Kier alpha value is -3.06. The van der Waals surface area contributed by atoms with Crippen molar-refractivity contribution in [3.63, 3.8) is 0 Å². The van der Waals surface area contributed by atoms with Gasteiger partial charge in [0.2, 0.25) is 5.91 Å². The summed E-state index contributed by atoms with van der Waals surface area (Å²) < 4.78 is 36.5. The molecule has 3 rings (SSSR count). The molecule has 0 aliphatic heterocycles. The predicted molar refractivity (Wildman–Crippen MR) is 99.3 cm³/mol. The number of carbonyl (C=O) groups is 1. The number of hydrogen-bond donors (Lipinski definition) is 1. The summed E-state index contributed by atoms with van der Waals surface area (Å²) in [6.07, 6.45) is 3.89. The van der Waals surface area contributed by atoms with E-state index in [0.717, 1.165) is 11.1 Å². The highest BCUT2D eigenvalue weighted by atomic mass is 32.3. The van der Waals surface area contributed by atoms with Crippen molar-refractivity contribution in [3.8, 4) is 0 Å². The summed E-state index contributed by atoms with van der Waals surface area (Å²) in [6.45, 7) is 0.453. The molecule has 27 heavy (non-hydrogen) atoms. The minimum Gasteiger partial charge on any atom is -0.321 e. The van der Waals surface area contributed by atoms with Crippen molar-refractivity contribution in [1.82, 2.24) is 0 Å². The summed E-state index contributed by atoms with van der Waals surface area (Å²) in [6, 6.07) is 18.6. The Morgan fingerprint density at radius 3 is 2.30 bits per heavy atom. The average molecular weight is 385 g/mol. The van der Waals surface area contributed by atoms with Crippen LogP contribution in [0.1, 0.15) is 11.1 Å². The second kappa shape index (κ2) is 8.09. The third-order valence-corrected chi connectivity index (χ3v) is 4.75. The van der Waals surface area contributed by atoms with Crippen LogP contribution in [0.5, 0.6) is 0 Å². The molecule has 2 aromatic carbocycles. The minimum atomic E-state index is -4.69. The molecule has 0 aliphatic carbocycles. The maximum atomic E-state index is 12.9. The molecular formula is C20H18FN2O3S+. The molecule has 0 fully saturated rings. The van der Waals surface area contributed by atoms with Crippen molar-refractivity contribution in [1.29, 1.82) is 0 Å². The summed E-state index contributed by atoms with van der Waals surface area (Å²) in [5, 5.41) is 2.86. The Morgan fingerprint density at radius 1 is 0.926 bits per heavy atom. The third kappa shape index (κ3) is 5.46. The zero-order chi connectivity index (χ0) is 19.3. The highest BCUT2D eigenvalue weighted by molar-refractivity contribution is 7.86. The highest BCUT2D eigenvalue weighted by Crippen LogP contribution is 2.13.